The van der Waals surface area contributed by atoms with Crippen LogP contribution in [0.15, 0.2) is 48.5 Å². The summed E-state index contributed by atoms with van der Waals surface area (Å²) in [5, 5.41) is 0. The molecule has 102 valence electrons. The molecule has 21 heavy (non-hydrogen) atoms. The van der Waals surface area contributed by atoms with Gasteiger partial charge in [0.05, 0.1) is 5.69 Å². The Hall–Kier alpha value is -2.88. The fraction of sp³-hybridized carbons (Fsp3) is 0.0588. The first-order valence-electron chi connectivity index (χ1n) is 6.83. The Morgan fingerprint density at radius 2 is 1.62 bits per heavy atom. The zero-order valence-corrected chi connectivity index (χ0v) is 11.4. The summed E-state index contributed by atoms with van der Waals surface area (Å²) in [7, 11) is 0. The molecule has 0 amide bonds. The van der Waals surface area contributed by atoms with Gasteiger partial charge in [-0.15, -0.1) is 0 Å². The van der Waals surface area contributed by atoms with E-state index in [-0.39, 0.29) is 5.95 Å². The molecule has 0 atom stereocenters. The predicted molar refractivity (Wildman–Crippen MR) is 84.5 cm³/mol. The highest BCUT2D eigenvalue weighted by atomic mass is 15.0. The molecule has 1 aliphatic rings. The van der Waals surface area contributed by atoms with Gasteiger partial charge in [0.15, 0.2) is 0 Å². The van der Waals surface area contributed by atoms with Gasteiger partial charge in [-0.3, -0.25) is 0 Å². The maximum atomic E-state index is 6.10. The number of fused-ring (bicyclic) bond motifs is 3. The molecule has 3 aromatic rings. The van der Waals surface area contributed by atoms with Gasteiger partial charge in [-0.1, -0.05) is 48.5 Å². The van der Waals surface area contributed by atoms with Crippen molar-refractivity contribution in [2.24, 2.45) is 0 Å². The monoisotopic (exact) mass is 274 g/mol. The molecule has 1 aliphatic carbocycles. The normalized spacial score (nSPS) is 12.0. The van der Waals surface area contributed by atoms with Crippen molar-refractivity contribution in [2.45, 2.75) is 6.42 Å². The Balaban J connectivity index is 2.02. The van der Waals surface area contributed by atoms with Gasteiger partial charge in [0.25, 0.3) is 0 Å². The fourth-order valence-corrected chi connectivity index (χ4v) is 3.03. The second-order valence-corrected chi connectivity index (χ2v) is 5.17. The molecule has 0 saturated carbocycles. The van der Waals surface area contributed by atoms with Crippen molar-refractivity contribution >= 4 is 11.8 Å². The molecular formula is C17H14N4. The van der Waals surface area contributed by atoms with E-state index < -0.39 is 0 Å². The van der Waals surface area contributed by atoms with Crippen LogP contribution < -0.4 is 11.5 Å². The van der Waals surface area contributed by atoms with Gasteiger partial charge in [0, 0.05) is 12.0 Å². The van der Waals surface area contributed by atoms with Crippen molar-refractivity contribution in [1.29, 1.82) is 0 Å². The van der Waals surface area contributed by atoms with Gasteiger partial charge in [-0.2, -0.15) is 4.98 Å². The average molecular weight is 274 g/mol. The average Bonchev–Trinajstić information content (AvgIpc) is 2.86. The van der Waals surface area contributed by atoms with Crippen LogP contribution in [0.5, 0.6) is 0 Å². The fourth-order valence-electron chi connectivity index (χ4n) is 3.03. The first-order chi connectivity index (χ1) is 10.2. The molecule has 0 radical (unpaired) electrons. The molecule has 1 heterocycles. The first kappa shape index (κ1) is 11.9. The number of nitrogen functional groups attached to an aromatic ring is 2. The van der Waals surface area contributed by atoms with Gasteiger partial charge in [-0.25, -0.2) is 4.98 Å². The Kier molecular flexibility index (Phi) is 2.44. The zero-order valence-electron chi connectivity index (χ0n) is 11.4. The van der Waals surface area contributed by atoms with Crippen LogP contribution in [0.3, 0.4) is 0 Å². The summed E-state index contributed by atoms with van der Waals surface area (Å²) < 4.78 is 0. The molecule has 0 bridgehead atoms. The number of anilines is 2. The lowest BCUT2D eigenvalue weighted by atomic mass is 9.95. The van der Waals surface area contributed by atoms with Crippen molar-refractivity contribution in [3.8, 4) is 22.3 Å². The summed E-state index contributed by atoms with van der Waals surface area (Å²) in [5.74, 6) is 0.694. The molecule has 0 spiro atoms. The molecule has 4 heteroatoms. The highest BCUT2D eigenvalue weighted by molar-refractivity contribution is 5.93. The lowest BCUT2D eigenvalue weighted by Crippen LogP contribution is -2.03. The Morgan fingerprint density at radius 3 is 2.43 bits per heavy atom. The van der Waals surface area contributed by atoms with Gasteiger partial charge in [0.1, 0.15) is 5.82 Å². The molecular weight excluding hydrogens is 260 g/mol. The Morgan fingerprint density at radius 1 is 0.810 bits per heavy atom. The molecule has 2 aromatic carbocycles. The van der Waals surface area contributed by atoms with E-state index >= 15 is 0 Å². The van der Waals surface area contributed by atoms with Crippen LogP contribution in [0.25, 0.3) is 22.3 Å². The summed E-state index contributed by atoms with van der Waals surface area (Å²) in [5.41, 5.74) is 18.3. The van der Waals surface area contributed by atoms with E-state index in [4.69, 9.17) is 11.5 Å². The van der Waals surface area contributed by atoms with E-state index in [0.717, 1.165) is 28.8 Å². The maximum absolute atomic E-state index is 6.10. The Labute approximate surface area is 122 Å². The lowest BCUT2D eigenvalue weighted by molar-refractivity contribution is 1.09. The van der Waals surface area contributed by atoms with E-state index in [1.54, 1.807) is 0 Å². The summed E-state index contributed by atoms with van der Waals surface area (Å²) in [6.45, 7) is 0. The first-order valence-corrected chi connectivity index (χ1v) is 6.83. The third-order valence-corrected chi connectivity index (χ3v) is 3.87. The minimum absolute atomic E-state index is 0.236. The predicted octanol–water partition coefficient (Wildman–Crippen LogP) is 2.88. The number of aromatic nitrogens is 2. The molecule has 0 unspecified atom stereocenters. The lowest BCUT2D eigenvalue weighted by Gasteiger charge is -2.11. The third kappa shape index (κ3) is 1.76. The summed E-state index contributed by atoms with van der Waals surface area (Å²) in [4.78, 5) is 8.47. The number of hydrogen-bond donors (Lipinski definition) is 2. The number of nitrogens with two attached hydrogens (primary N) is 2. The second kappa shape index (κ2) is 4.31. The van der Waals surface area contributed by atoms with Gasteiger partial charge in [0.2, 0.25) is 5.95 Å². The van der Waals surface area contributed by atoms with Crippen molar-refractivity contribution in [3.63, 3.8) is 0 Å². The van der Waals surface area contributed by atoms with Crippen LogP contribution in [0.1, 0.15) is 11.3 Å². The molecule has 0 aliphatic heterocycles. The minimum atomic E-state index is 0.236. The topological polar surface area (TPSA) is 77.8 Å². The smallest absolute Gasteiger partial charge is 0.222 e. The van der Waals surface area contributed by atoms with Crippen LogP contribution in [-0.2, 0) is 6.42 Å². The standard InChI is InChI=1S/C17H14N4/c18-16-15-13(20-17(19)21-16)9-11-7-4-8-12(14(11)15)10-5-2-1-3-6-10/h1-8H,9H2,(H4,18,19,20,21). The maximum Gasteiger partial charge on any atom is 0.222 e. The van der Waals surface area contributed by atoms with Gasteiger partial charge >= 0.3 is 0 Å². The SMILES string of the molecule is Nc1nc(N)c2c(n1)Cc1cccc(-c3ccccc3)c1-2. The molecule has 4 N–H and O–H groups in total. The van der Waals surface area contributed by atoms with Crippen molar-refractivity contribution in [1.82, 2.24) is 9.97 Å². The quantitative estimate of drug-likeness (QED) is 0.559. The number of nitrogens with zero attached hydrogens (tertiary/aromatic N) is 2. The minimum Gasteiger partial charge on any atom is -0.383 e. The second-order valence-electron chi connectivity index (χ2n) is 5.17. The number of benzene rings is 2. The van der Waals surface area contributed by atoms with Crippen molar-refractivity contribution in [3.05, 3.63) is 59.8 Å². The van der Waals surface area contributed by atoms with E-state index in [2.05, 4.69) is 40.3 Å². The number of hydrogen-bond acceptors (Lipinski definition) is 4. The highest BCUT2D eigenvalue weighted by Gasteiger charge is 2.26. The van der Waals surface area contributed by atoms with Gasteiger partial charge in [-0.05, 0) is 22.3 Å². The summed E-state index contributed by atoms with van der Waals surface area (Å²) in [6.07, 6.45) is 0.752. The van der Waals surface area contributed by atoms with Gasteiger partial charge < -0.3 is 11.5 Å². The third-order valence-electron chi connectivity index (χ3n) is 3.87. The van der Waals surface area contributed by atoms with Crippen molar-refractivity contribution < 1.29 is 0 Å². The highest BCUT2D eigenvalue weighted by Crippen LogP contribution is 2.44. The number of rotatable bonds is 1. The summed E-state index contributed by atoms with van der Waals surface area (Å²) >= 11 is 0. The van der Waals surface area contributed by atoms with Crippen LogP contribution in [0, 0.1) is 0 Å². The molecule has 0 fully saturated rings. The van der Waals surface area contributed by atoms with Crippen LogP contribution >= 0.6 is 0 Å². The van der Waals surface area contributed by atoms with E-state index in [1.165, 1.54) is 11.1 Å². The molecule has 0 saturated heterocycles. The molecule has 1 aromatic heterocycles. The van der Waals surface area contributed by atoms with E-state index in [9.17, 15) is 0 Å². The van der Waals surface area contributed by atoms with Crippen molar-refractivity contribution in [2.75, 3.05) is 11.5 Å². The van der Waals surface area contributed by atoms with Crippen LogP contribution in [0.2, 0.25) is 0 Å². The largest absolute Gasteiger partial charge is 0.383 e. The van der Waals surface area contributed by atoms with Crippen LogP contribution in [-0.4, -0.2) is 9.97 Å². The summed E-state index contributed by atoms with van der Waals surface area (Å²) in [6, 6.07) is 16.6. The van der Waals surface area contributed by atoms with E-state index in [0.29, 0.717) is 5.82 Å². The Bertz CT molecular complexity index is 841. The molecule has 4 nitrogen and oxygen atoms in total. The zero-order chi connectivity index (χ0) is 14.4. The molecule has 4 rings (SSSR count). The van der Waals surface area contributed by atoms with Crippen LogP contribution in [0.4, 0.5) is 11.8 Å². The van der Waals surface area contributed by atoms with E-state index in [1.807, 2.05) is 18.2 Å².